The third-order valence-corrected chi connectivity index (χ3v) is 2.26. The van der Waals surface area contributed by atoms with Crippen LogP contribution in [0.3, 0.4) is 0 Å². The maximum Gasteiger partial charge on any atom is 0.347 e. The molecule has 0 aliphatic rings. The number of hydrogen-bond acceptors (Lipinski definition) is 3. The van der Waals surface area contributed by atoms with Crippen LogP contribution in [0.2, 0.25) is 0 Å². The molecule has 3 nitrogen and oxygen atoms in total. The van der Waals surface area contributed by atoms with E-state index < -0.39 is 0 Å². The van der Waals surface area contributed by atoms with E-state index in [0.717, 1.165) is 10.8 Å². The molecule has 14 heavy (non-hydrogen) atoms. The van der Waals surface area contributed by atoms with Crippen LogP contribution in [0.4, 0.5) is 0 Å². The molecule has 0 amide bonds. The fraction of sp³-hybridized carbons (Fsp3) is 0. The van der Waals surface area contributed by atoms with Gasteiger partial charge in [0.2, 0.25) is 0 Å². The zero-order chi connectivity index (χ0) is 9.54. The molecule has 0 aliphatic heterocycles. The standard InChI is InChI=1S/C11H6O3/c12-11-9-6-13-5-8(9)7-3-1-2-4-10(7)14-11/h1-6H. The lowest BCUT2D eigenvalue weighted by Crippen LogP contribution is -1.96. The normalized spacial score (nSPS) is 11.1. The fourth-order valence-electron chi connectivity index (χ4n) is 1.60. The Morgan fingerprint density at radius 2 is 1.71 bits per heavy atom. The van der Waals surface area contributed by atoms with Crippen LogP contribution < -0.4 is 5.63 Å². The van der Waals surface area contributed by atoms with Crippen molar-refractivity contribution in [2.45, 2.75) is 0 Å². The Hall–Kier alpha value is -2.03. The van der Waals surface area contributed by atoms with Gasteiger partial charge >= 0.3 is 5.63 Å². The van der Waals surface area contributed by atoms with Crippen LogP contribution in [0.1, 0.15) is 0 Å². The molecule has 0 N–H and O–H groups in total. The van der Waals surface area contributed by atoms with Crippen molar-refractivity contribution in [3.63, 3.8) is 0 Å². The minimum Gasteiger partial charge on any atom is -0.471 e. The van der Waals surface area contributed by atoms with Gasteiger partial charge in [-0.15, -0.1) is 0 Å². The second kappa shape index (κ2) is 2.48. The summed E-state index contributed by atoms with van der Waals surface area (Å²) < 4.78 is 10.1. The Bertz CT molecular complexity index is 661. The molecule has 0 aliphatic carbocycles. The van der Waals surface area contributed by atoms with E-state index in [-0.39, 0.29) is 5.63 Å². The van der Waals surface area contributed by atoms with Crippen molar-refractivity contribution < 1.29 is 8.83 Å². The van der Waals surface area contributed by atoms with Gasteiger partial charge in [-0.1, -0.05) is 18.2 Å². The molecule has 0 radical (unpaired) electrons. The summed E-state index contributed by atoms with van der Waals surface area (Å²) in [5, 5.41) is 2.19. The van der Waals surface area contributed by atoms with Gasteiger partial charge in [-0.2, -0.15) is 0 Å². The fourth-order valence-corrected chi connectivity index (χ4v) is 1.60. The van der Waals surface area contributed by atoms with Gasteiger partial charge in [0.25, 0.3) is 0 Å². The van der Waals surface area contributed by atoms with Crippen molar-refractivity contribution in [2.75, 3.05) is 0 Å². The summed E-state index contributed by atoms with van der Waals surface area (Å²) >= 11 is 0. The van der Waals surface area contributed by atoms with E-state index in [1.807, 2.05) is 18.2 Å². The van der Waals surface area contributed by atoms with Crippen molar-refractivity contribution in [3.8, 4) is 0 Å². The lowest BCUT2D eigenvalue weighted by atomic mass is 10.1. The molecule has 2 aromatic heterocycles. The van der Waals surface area contributed by atoms with Gasteiger partial charge in [0.05, 0.1) is 6.26 Å². The van der Waals surface area contributed by atoms with Gasteiger partial charge in [0.1, 0.15) is 17.2 Å². The highest BCUT2D eigenvalue weighted by molar-refractivity contribution is 6.03. The Morgan fingerprint density at radius 3 is 2.64 bits per heavy atom. The minimum absolute atomic E-state index is 0.354. The molecule has 0 fully saturated rings. The molecule has 3 aromatic rings. The van der Waals surface area contributed by atoms with Crippen LogP contribution in [0, 0.1) is 0 Å². The lowest BCUT2D eigenvalue weighted by Gasteiger charge is -1.95. The average molecular weight is 186 g/mol. The molecular weight excluding hydrogens is 180 g/mol. The Kier molecular flexibility index (Phi) is 1.31. The first-order valence-corrected chi connectivity index (χ1v) is 4.24. The predicted molar refractivity (Wildman–Crippen MR) is 52.3 cm³/mol. The molecule has 2 heterocycles. The Labute approximate surface area is 78.6 Å². The van der Waals surface area contributed by atoms with E-state index in [1.165, 1.54) is 6.26 Å². The number of para-hydroxylation sites is 1. The first-order chi connectivity index (χ1) is 6.86. The molecule has 0 atom stereocenters. The van der Waals surface area contributed by atoms with E-state index >= 15 is 0 Å². The Morgan fingerprint density at radius 1 is 0.929 bits per heavy atom. The summed E-state index contributed by atoms with van der Waals surface area (Å²) in [5.74, 6) is 0. The van der Waals surface area contributed by atoms with E-state index in [9.17, 15) is 4.79 Å². The zero-order valence-electron chi connectivity index (χ0n) is 7.19. The van der Waals surface area contributed by atoms with Crippen LogP contribution in [0.5, 0.6) is 0 Å². The summed E-state index contributed by atoms with van der Waals surface area (Å²) in [6, 6.07) is 7.39. The van der Waals surface area contributed by atoms with Crippen molar-refractivity contribution in [3.05, 3.63) is 47.2 Å². The zero-order valence-corrected chi connectivity index (χ0v) is 7.19. The first kappa shape index (κ1) is 7.38. The summed E-state index contributed by atoms with van der Waals surface area (Å²) in [4.78, 5) is 11.4. The molecule has 0 bridgehead atoms. The molecule has 0 spiro atoms. The van der Waals surface area contributed by atoms with Gasteiger partial charge in [0.15, 0.2) is 0 Å². The van der Waals surface area contributed by atoms with Crippen molar-refractivity contribution in [1.29, 1.82) is 0 Å². The van der Waals surface area contributed by atoms with E-state index in [4.69, 9.17) is 8.83 Å². The molecule has 3 rings (SSSR count). The average Bonchev–Trinajstić information content (AvgIpc) is 2.67. The number of furan rings is 1. The lowest BCUT2D eigenvalue weighted by molar-refractivity contribution is 0.560. The van der Waals surface area contributed by atoms with Gasteiger partial charge in [-0.3, -0.25) is 0 Å². The highest BCUT2D eigenvalue weighted by atomic mass is 16.4. The third-order valence-electron chi connectivity index (χ3n) is 2.26. The molecule has 3 heteroatoms. The van der Waals surface area contributed by atoms with E-state index in [1.54, 1.807) is 12.3 Å². The van der Waals surface area contributed by atoms with E-state index in [0.29, 0.717) is 11.0 Å². The highest BCUT2D eigenvalue weighted by Gasteiger charge is 2.07. The van der Waals surface area contributed by atoms with Crippen LogP contribution in [0.15, 0.2) is 50.4 Å². The van der Waals surface area contributed by atoms with Gasteiger partial charge in [-0.05, 0) is 6.07 Å². The van der Waals surface area contributed by atoms with Crippen LogP contribution in [0.25, 0.3) is 21.7 Å². The van der Waals surface area contributed by atoms with Crippen LogP contribution >= 0.6 is 0 Å². The third kappa shape index (κ3) is 0.836. The number of fused-ring (bicyclic) bond motifs is 3. The molecule has 0 unspecified atom stereocenters. The van der Waals surface area contributed by atoms with Gasteiger partial charge in [-0.25, -0.2) is 4.79 Å². The molecule has 0 saturated carbocycles. The molecule has 68 valence electrons. The molecule has 0 saturated heterocycles. The van der Waals surface area contributed by atoms with Gasteiger partial charge in [0, 0.05) is 10.8 Å². The van der Waals surface area contributed by atoms with Crippen molar-refractivity contribution in [2.24, 2.45) is 0 Å². The second-order valence-corrected chi connectivity index (χ2v) is 3.08. The number of hydrogen-bond donors (Lipinski definition) is 0. The summed E-state index contributed by atoms with van der Waals surface area (Å²) in [7, 11) is 0. The van der Waals surface area contributed by atoms with Gasteiger partial charge < -0.3 is 8.83 Å². The maximum atomic E-state index is 11.4. The highest BCUT2D eigenvalue weighted by Crippen LogP contribution is 2.22. The van der Waals surface area contributed by atoms with Crippen molar-refractivity contribution in [1.82, 2.24) is 0 Å². The predicted octanol–water partition coefficient (Wildman–Crippen LogP) is 2.54. The largest absolute Gasteiger partial charge is 0.471 e. The van der Waals surface area contributed by atoms with E-state index in [2.05, 4.69) is 0 Å². The number of rotatable bonds is 0. The molecular formula is C11H6O3. The van der Waals surface area contributed by atoms with Crippen LogP contribution in [-0.2, 0) is 0 Å². The summed E-state index contributed by atoms with van der Waals surface area (Å²) in [6.45, 7) is 0. The van der Waals surface area contributed by atoms with Crippen molar-refractivity contribution >= 4 is 21.7 Å². The minimum atomic E-state index is -0.354. The summed E-state index contributed by atoms with van der Waals surface area (Å²) in [6.07, 6.45) is 2.97. The monoisotopic (exact) mass is 186 g/mol. The quantitative estimate of drug-likeness (QED) is 0.506. The second-order valence-electron chi connectivity index (χ2n) is 3.08. The Balaban J connectivity index is 2.73. The number of benzene rings is 1. The first-order valence-electron chi connectivity index (χ1n) is 4.24. The smallest absolute Gasteiger partial charge is 0.347 e. The topological polar surface area (TPSA) is 43.4 Å². The summed E-state index contributed by atoms with van der Waals surface area (Å²) in [5.41, 5.74) is 0.235. The van der Waals surface area contributed by atoms with Crippen LogP contribution in [-0.4, -0.2) is 0 Å². The maximum absolute atomic E-state index is 11.4. The SMILES string of the molecule is O=c1oc2ccccc2c2cocc12. The molecule has 1 aromatic carbocycles.